The molecule has 0 saturated carbocycles. The second-order valence-electron chi connectivity index (χ2n) is 3.84. The molecule has 0 radical (unpaired) electrons. The number of carbonyl (C=O) groups is 2. The van der Waals surface area contributed by atoms with Gasteiger partial charge in [0.05, 0.1) is 6.42 Å². The fourth-order valence-corrected chi connectivity index (χ4v) is 1.60. The molecule has 20 heavy (non-hydrogen) atoms. The molecule has 4 nitrogen and oxygen atoms in total. The van der Waals surface area contributed by atoms with E-state index >= 15 is 0 Å². The molecule has 0 N–H and O–H groups in total. The molecule has 0 atom stereocenters. The average molecular weight is 304 g/mol. The molecule has 0 heterocycles. The van der Waals surface area contributed by atoms with Gasteiger partial charge in [0, 0.05) is 11.1 Å². The average Bonchev–Trinajstić information content (AvgIpc) is 2.50. The molecule has 100 valence electrons. The minimum absolute atomic E-state index is 0.0754. The quantitative estimate of drug-likeness (QED) is 0.495. The second-order valence-corrected chi connectivity index (χ2v) is 4.10. The number of benzene rings is 2. The second kappa shape index (κ2) is 9.07. The summed E-state index contributed by atoms with van der Waals surface area (Å²) in [6.07, 6.45) is -0.0754. The van der Waals surface area contributed by atoms with Gasteiger partial charge in [0.2, 0.25) is 0 Å². The Balaban J connectivity index is 0.000000612. The normalized spacial score (nSPS) is 8.80. The van der Waals surface area contributed by atoms with Crippen LogP contribution >= 0.6 is 0 Å². The van der Waals surface area contributed by atoms with Gasteiger partial charge >= 0.3 is 25.7 Å². The monoisotopic (exact) mass is 304 g/mol. The van der Waals surface area contributed by atoms with E-state index in [1.54, 1.807) is 48.5 Å². The van der Waals surface area contributed by atoms with E-state index in [1.165, 1.54) is 0 Å². The Bertz CT molecular complexity index is 553. The van der Waals surface area contributed by atoms with Crippen LogP contribution in [0.1, 0.15) is 27.1 Å². The zero-order chi connectivity index (χ0) is 14.8. The van der Waals surface area contributed by atoms with Gasteiger partial charge in [0.25, 0.3) is 0 Å². The fraction of sp³-hybridized carbons (Fsp3) is 0.0667. The molecule has 0 amide bonds. The first-order valence-corrected chi connectivity index (χ1v) is 7.12. The molecular formula is C15H12O4Ti. The third kappa shape index (κ3) is 5.39. The van der Waals surface area contributed by atoms with Gasteiger partial charge in [-0.2, -0.15) is 0 Å². The standard InChI is InChI=1S/C15H12O2.2O.Ti/c16-14(12-7-3-1-4-8-12)11-15(17)13-9-5-2-6-10-13;;;/h1-10H,11H2;;;. The van der Waals surface area contributed by atoms with Crippen molar-refractivity contribution in [1.29, 1.82) is 0 Å². The Hall–Kier alpha value is -1.91. The molecule has 0 aromatic heterocycles. The summed E-state index contributed by atoms with van der Waals surface area (Å²) < 4.78 is 17.0. The van der Waals surface area contributed by atoms with Crippen molar-refractivity contribution in [3.05, 3.63) is 71.8 Å². The van der Waals surface area contributed by atoms with Crippen LogP contribution in [0.4, 0.5) is 0 Å². The first-order chi connectivity index (χ1) is 9.69. The SMILES string of the molecule is O=C(CC(=O)c1ccccc1)c1ccccc1.[O]=[Ti]=[O]. The van der Waals surface area contributed by atoms with Gasteiger partial charge in [-0.25, -0.2) is 0 Å². The van der Waals surface area contributed by atoms with E-state index in [9.17, 15) is 9.59 Å². The fourth-order valence-electron chi connectivity index (χ4n) is 1.60. The van der Waals surface area contributed by atoms with Crippen molar-refractivity contribution >= 4 is 11.6 Å². The summed E-state index contributed by atoms with van der Waals surface area (Å²) >= 11 is -2.00. The number of ketones is 2. The summed E-state index contributed by atoms with van der Waals surface area (Å²) in [6.45, 7) is 0. The van der Waals surface area contributed by atoms with Gasteiger partial charge in [-0.05, 0) is 0 Å². The minimum atomic E-state index is -2.00. The zero-order valence-corrected chi connectivity index (χ0v) is 12.2. The van der Waals surface area contributed by atoms with Crippen LogP contribution in [-0.2, 0) is 25.7 Å². The molecule has 0 spiro atoms. The van der Waals surface area contributed by atoms with E-state index in [2.05, 4.69) is 0 Å². The van der Waals surface area contributed by atoms with Crippen LogP contribution in [0.5, 0.6) is 0 Å². The Morgan fingerprint density at radius 3 is 1.30 bits per heavy atom. The van der Waals surface area contributed by atoms with Crippen LogP contribution in [0.3, 0.4) is 0 Å². The number of carbonyl (C=O) groups excluding carboxylic acids is 2. The van der Waals surface area contributed by atoms with Crippen LogP contribution in [0.15, 0.2) is 60.7 Å². The van der Waals surface area contributed by atoms with E-state index in [1.807, 2.05) is 12.1 Å². The Kier molecular flexibility index (Phi) is 7.32. The van der Waals surface area contributed by atoms with Crippen molar-refractivity contribution in [3.63, 3.8) is 0 Å². The maximum absolute atomic E-state index is 11.8. The van der Waals surface area contributed by atoms with Crippen LogP contribution in [0.25, 0.3) is 0 Å². The van der Waals surface area contributed by atoms with Crippen LogP contribution < -0.4 is 0 Å². The molecule has 2 rings (SSSR count). The number of hydrogen-bond acceptors (Lipinski definition) is 4. The van der Waals surface area contributed by atoms with Crippen molar-refractivity contribution < 1.29 is 35.3 Å². The summed E-state index contributed by atoms with van der Waals surface area (Å²) in [7, 11) is 0. The van der Waals surface area contributed by atoms with Gasteiger partial charge in [0.15, 0.2) is 11.6 Å². The van der Waals surface area contributed by atoms with Crippen LogP contribution in [0.2, 0.25) is 0 Å². The Morgan fingerprint density at radius 1 is 0.700 bits per heavy atom. The van der Waals surface area contributed by atoms with Crippen molar-refractivity contribution in [2.75, 3.05) is 0 Å². The number of hydrogen-bond donors (Lipinski definition) is 0. The van der Waals surface area contributed by atoms with Crippen LogP contribution in [0, 0.1) is 0 Å². The summed E-state index contributed by atoms with van der Waals surface area (Å²) in [5.74, 6) is -0.279. The molecule has 5 heteroatoms. The predicted octanol–water partition coefficient (Wildman–Crippen LogP) is 2.90. The van der Waals surface area contributed by atoms with E-state index in [0.717, 1.165) is 0 Å². The maximum atomic E-state index is 11.8. The molecule has 0 aliphatic rings. The van der Waals surface area contributed by atoms with E-state index in [4.69, 9.17) is 6.65 Å². The third-order valence-electron chi connectivity index (χ3n) is 2.51. The summed E-state index contributed by atoms with van der Waals surface area (Å²) in [5, 5.41) is 0. The van der Waals surface area contributed by atoms with Gasteiger partial charge in [-0.15, -0.1) is 0 Å². The third-order valence-corrected chi connectivity index (χ3v) is 2.51. The predicted molar refractivity (Wildman–Crippen MR) is 67.5 cm³/mol. The van der Waals surface area contributed by atoms with Gasteiger partial charge in [-0.3, -0.25) is 9.59 Å². The van der Waals surface area contributed by atoms with E-state index < -0.39 is 19.1 Å². The first-order valence-electron chi connectivity index (χ1n) is 5.84. The number of rotatable bonds is 4. The van der Waals surface area contributed by atoms with E-state index in [-0.39, 0.29) is 18.0 Å². The molecule has 2 aromatic carbocycles. The Labute approximate surface area is 125 Å². The number of Topliss-reactive ketones (excluding diaryl/α,β-unsaturated/α-hetero) is 2. The topological polar surface area (TPSA) is 68.3 Å². The van der Waals surface area contributed by atoms with E-state index in [0.29, 0.717) is 11.1 Å². The van der Waals surface area contributed by atoms with Gasteiger partial charge < -0.3 is 0 Å². The molecule has 0 unspecified atom stereocenters. The summed E-state index contributed by atoms with van der Waals surface area (Å²) in [5.41, 5.74) is 1.16. The molecule has 0 bridgehead atoms. The van der Waals surface area contributed by atoms with Crippen LogP contribution in [-0.4, -0.2) is 11.6 Å². The molecular weight excluding hydrogens is 292 g/mol. The first kappa shape index (κ1) is 16.1. The Morgan fingerprint density at radius 2 is 1.00 bits per heavy atom. The van der Waals surface area contributed by atoms with Crippen molar-refractivity contribution in [2.45, 2.75) is 6.42 Å². The molecule has 0 saturated heterocycles. The molecule has 0 aliphatic carbocycles. The van der Waals surface area contributed by atoms with Crippen molar-refractivity contribution in [3.8, 4) is 0 Å². The molecule has 0 aliphatic heterocycles. The van der Waals surface area contributed by atoms with Gasteiger partial charge in [0.1, 0.15) is 0 Å². The zero-order valence-electron chi connectivity index (χ0n) is 10.6. The summed E-state index contributed by atoms with van der Waals surface area (Å²) in [6, 6.07) is 17.7. The molecule has 0 fully saturated rings. The van der Waals surface area contributed by atoms with Gasteiger partial charge in [-0.1, -0.05) is 60.7 Å². The van der Waals surface area contributed by atoms with Crippen molar-refractivity contribution in [1.82, 2.24) is 0 Å². The summed E-state index contributed by atoms with van der Waals surface area (Å²) in [4.78, 5) is 23.6. The molecule has 2 aromatic rings. The van der Waals surface area contributed by atoms with Crippen molar-refractivity contribution in [2.24, 2.45) is 0 Å².